The zero-order valence-electron chi connectivity index (χ0n) is 8.75. The number of hydrogen-bond donors (Lipinski definition) is 2. The maximum Gasteiger partial charge on any atom is 0.277 e. The van der Waals surface area contributed by atoms with Crippen molar-refractivity contribution in [3.05, 3.63) is 46.0 Å². The Morgan fingerprint density at radius 1 is 1.50 bits per heavy atom. The van der Waals surface area contributed by atoms with Gasteiger partial charge in [0, 0.05) is 12.1 Å². The number of carbonyl (C=O) groups is 1. The van der Waals surface area contributed by atoms with E-state index in [9.17, 15) is 19.3 Å². The molecule has 2 rings (SSSR count). The number of H-pyrrole nitrogens is 1. The molecule has 1 heterocycles. The van der Waals surface area contributed by atoms with Crippen LogP contribution in [0.5, 0.6) is 0 Å². The summed E-state index contributed by atoms with van der Waals surface area (Å²) < 4.78 is 13.4. The topological polar surface area (TPSA) is 114 Å². The van der Waals surface area contributed by atoms with Crippen LogP contribution in [0.3, 0.4) is 0 Å². The number of benzene rings is 1. The van der Waals surface area contributed by atoms with E-state index in [4.69, 9.17) is 0 Å². The van der Waals surface area contributed by atoms with Gasteiger partial charge in [-0.15, -0.1) is 0 Å². The number of nitro benzene ring substituents is 1. The SMILES string of the molecule is O=C(Nc1cc([N+](=O)[O-])ccc1F)c1cn[nH]n1. The molecule has 0 radical (unpaired) electrons. The maximum absolute atomic E-state index is 13.4. The highest BCUT2D eigenvalue weighted by atomic mass is 19.1. The monoisotopic (exact) mass is 251 g/mol. The van der Waals surface area contributed by atoms with E-state index in [-0.39, 0.29) is 17.1 Å². The minimum atomic E-state index is -0.780. The molecule has 8 nitrogen and oxygen atoms in total. The summed E-state index contributed by atoms with van der Waals surface area (Å²) in [5, 5.41) is 21.8. The summed E-state index contributed by atoms with van der Waals surface area (Å²) in [7, 11) is 0. The van der Waals surface area contributed by atoms with Crippen LogP contribution in [0.4, 0.5) is 15.8 Å². The lowest BCUT2D eigenvalue weighted by atomic mass is 10.2. The van der Waals surface area contributed by atoms with Crippen molar-refractivity contribution in [3.8, 4) is 0 Å². The van der Waals surface area contributed by atoms with Crippen molar-refractivity contribution in [2.24, 2.45) is 0 Å². The van der Waals surface area contributed by atoms with Crippen LogP contribution in [0.2, 0.25) is 0 Å². The lowest BCUT2D eigenvalue weighted by Crippen LogP contribution is -2.13. The number of aromatic amines is 1. The number of nitrogens with zero attached hydrogens (tertiary/aromatic N) is 3. The molecular formula is C9H6FN5O3. The molecule has 2 N–H and O–H groups in total. The molecule has 2 aromatic rings. The summed E-state index contributed by atoms with van der Waals surface area (Å²) in [6.45, 7) is 0. The zero-order valence-corrected chi connectivity index (χ0v) is 8.75. The predicted octanol–water partition coefficient (Wildman–Crippen LogP) is 1.10. The van der Waals surface area contributed by atoms with Crippen molar-refractivity contribution < 1.29 is 14.1 Å². The quantitative estimate of drug-likeness (QED) is 0.626. The molecule has 0 atom stereocenters. The van der Waals surface area contributed by atoms with E-state index in [1.165, 1.54) is 0 Å². The van der Waals surface area contributed by atoms with Crippen molar-refractivity contribution in [1.29, 1.82) is 0 Å². The molecule has 92 valence electrons. The molecule has 18 heavy (non-hydrogen) atoms. The van der Waals surface area contributed by atoms with E-state index in [0.717, 1.165) is 24.4 Å². The molecule has 1 aromatic heterocycles. The number of halogens is 1. The lowest BCUT2D eigenvalue weighted by Gasteiger charge is -2.03. The van der Waals surface area contributed by atoms with Crippen molar-refractivity contribution in [2.75, 3.05) is 5.32 Å². The van der Waals surface area contributed by atoms with Crippen molar-refractivity contribution >= 4 is 17.3 Å². The summed E-state index contributed by atoms with van der Waals surface area (Å²) in [6.07, 6.45) is 1.14. The summed E-state index contributed by atoms with van der Waals surface area (Å²) in [5.74, 6) is -1.50. The minimum Gasteiger partial charge on any atom is -0.318 e. The molecule has 0 bridgehead atoms. The van der Waals surface area contributed by atoms with Crippen LogP contribution in [0.1, 0.15) is 10.5 Å². The minimum absolute atomic E-state index is 0.0547. The fraction of sp³-hybridized carbons (Fsp3) is 0. The van der Waals surface area contributed by atoms with Crippen LogP contribution in [0.15, 0.2) is 24.4 Å². The Morgan fingerprint density at radius 2 is 2.28 bits per heavy atom. The van der Waals surface area contributed by atoms with Gasteiger partial charge in [-0.05, 0) is 6.07 Å². The summed E-state index contributed by atoms with van der Waals surface area (Å²) >= 11 is 0. The van der Waals surface area contributed by atoms with Gasteiger partial charge in [-0.3, -0.25) is 14.9 Å². The highest BCUT2D eigenvalue weighted by molar-refractivity contribution is 6.02. The first-order valence-electron chi connectivity index (χ1n) is 4.69. The molecule has 0 aliphatic rings. The molecule has 0 spiro atoms. The summed E-state index contributed by atoms with van der Waals surface area (Å²) in [5.41, 5.74) is -0.676. The van der Waals surface area contributed by atoms with Gasteiger partial charge < -0.3 is 5.32 Å². The normalized spacial score (nSPS) is 10.1. The average molecular weight is 251 g/mol. The standard InChI is InChI=1S/C9H6FN5O3/c10-6-2-1-5(15(17)18)3-7(6)12-9(16)8-4-11-14-13-8/h1-4H,(H,12,16)(H,11,13,14). The summed E-state index contributed by atoms with van der Waals surface area (Å²) in [4.78, 5) is 21.4. The first kappa shape index (κ1) is 11.6. The molecule has 9 heteroatoms. The third-order valence-electron chi connectivity index (χ3n) is 2.06. The molecular weight excluding hydrogens is 245 g/mol. The Kier molecular flexibility index (Phi) is 2.96. The van der Waals surface area contributed by atoms with Gasteiger partial charge in [0.1, 0.15) is 5.82 Å². The second-order valence-electron chi connectivity index (χ2n) is 3.23. The molecule has 0 saturated carbocycles. The second kappa shape index (κ2) is 4.57. The first-order chi connectivity index (χ1) is 8.58. The van der Waals surface area contributed by atoms with E-state index in [1.54, 1.807) is 0 Å². The zero-order chi connectivity index (χ0) is 13.1. The van der Waals surface area contributed by atoms with Crippen molar-refractivity contribution in [3.63, 3.8) is 0 Å². The molecule has 0 aliphatic carbocycles. The molecule has 0 aliphatic heterocycles. The van der Waals surface area contributed by atoms with Crippen LogP contribution < -0.4 is 5.32 Å². The Bertz CT molecular complexity index is 598. The van der Waals surface area contributed by atoms with Gasteiger partial charge in [0.05, 0.1) is 16.8 Å². The van der Waals surface area contributed by atoms with E-state index in [2.05, 4.69) is 20.7 Å². The largest absolute Gasteiger partial charge is 0.318 e. The molecule has 0 fully saturated rings. The van der Waals surface area contributed by atoms with Crippen LogP contribution in [-0.4, -0.2) is 26.2 Å². The maximum atomic E-state index is 13.4. The van der Waals surface area contributed by atoms with Gasteiger partial charge in [-0.1, -0.05) is 0 Å². The third kappa shape index (κ3) is 2.29. The number of carbonyl (C=O) groups excluding carboxylic acids is 1. The van der Waals surface area contributed by atoms with Crippen LogP contribution in [0.25, 0.3) is 0 Å². The molecule has 0 saturated heterocycles. The third-order valence-corrected chi connectivity index (χ3v) is 2.06. The molecule has 1 aromatic carbocycles. The lowest BCUT2D eigenvalue weighted by molar-refractivity contribution is -0.384. The Morgan fingerprint density at radius 3 is 2.89 bits per heavy atom. The summed E-state index contributed by atoms with van der Waals surface area (Å²) in [6, 6.07) is 2.82. The van der Waals surface area contributed by atoms with Crippen LogP contribution in [0, 0.1) is 15.9 Å². The van der Waals surface area contributed by atoms with Gasteiger partial charge in [0.2, 0.25) is 0 Å². The van der Waals surface area contributed by atoms with Gasteiger partial charge in [0.25, 0.3) is 11.6 Å². The van der Waals surface area contributed by atoms with Gasteiger partial charge >= 0.3 is 0 Å². The fourth-order valence-electron chi connectivity index (χ4n) is 1.22. The smallest absolute Gasteiger partial charge is 0.277 e. The first-order valence-corrected chi connectivity index (χ1v) is 4.69. The number of hydrogen-bond acceptors (Lipinski definition) is 5. The number of anilines is 1. The molecule has 0 unspecified atom stereocenters. The van der Waals surface area contributed by atoms with E-state index < -0.39 is 16.6 Å². The Balaban J connectivity index is 2.26. The number of aromatic nitrogens is 3. The van der Waals surface area contributed by atoms with Crippen LogP contribution >= 0.6 is 0 Å². The van der Waals surface area contributed by atoms with Gasteiger partial charge in [-0.2, -0.15) is 15.4 Å². The number of rotatable bonds is 3. The van der Waals surface area contributed by atoms with Gasteiger partial charge in [0.15, 0.2) is 5.69 Å². The molecule has 1 amide bonds. The van der Waals surface area contributed by atoms with Crippen molar-refractivity contribution in [2.45, 2.75) is 0 Å². The van der Waals surface area contributed by atoms with Crippen LogP contribution in [-0.2, 0) is 0 Å². The number of non-ortho nitro benzene ring substituents is 1. The highest BCUT2D eigenvalue weighted by Gasteiger charge is 2.15. The van der Waals surface area contributed by atoms with E-state index >= 15 is 0 Å². The second-order valence-corrected chi connectivity index (χ2v) is 3.23. The Labute approximate surface area is 99.0 Å². The number of amides is 1. The van der Waals surface area contributed by atoms with E-state index in [0.29, 0.717) is 0 Å². The average Bonchev–Trinajstić information content (AvgIpc) is 2.85. The van der Waals surface area contributed by atoms with Crippen molar-refractivity contribution in [1.82, 2.24) is 15.4 Å². The number of nitro groups is 1. The predicted molar refractivity (Wildman–Crippen MR) is 57.4 cm³/mol. The van der Waals surface area contributed by atoms with E-state index in [1.807, 2.05) is 0 Å². The Hall–Kier alpha value is -2.84. The highest BCUT2D eigenvalue weighted by Crippen LogP contribution is 2.21. The fourth-order valence-corrected chi connectivity index (χ4v) is 1.22. The number of nitrogens with one attached hydrogen (secondary N) is 2. The van der Waals surface area contributed by atoms with Gasteiger partial charge in [-0.25, -0.2) is 4.39 Å².